The SMILES string of the molecule is CCSC1=N/C(=C\C=C2/N=C(C)OC2=O)C(C)=NN1C(C)=O. The lowest BCUT2D eigenvalue weighted by atomic mass is 10.2. The molecule has 0 N–H and O–H groups in total. The van der Waals surface area contributed by atoms with Gasteiger partial charge in [-0.25, -0.2) is 14.8 Å². The fourth-order valence-corrected chi connectivity index (χ4v) is 2.46. The van der Waals surface area contributed by atoms with Gasteiger partial charge in [0.05, 0.1) is 11.4 Å². The van der Waals surface area contributed by atoms with Crippen molar-refractivity contribution in [1.29, 1.82) is 0 Å². The van der Waals surface area contributed by atoms with E-state index in [0.717, 1.165) is 5.75 Å². The van der Waals surface area contributed by atoms with Crippen LogP contribution in [-0.4, -0.2) is 39.4 Å². The van der Waals surface area contributed by atoms with E-state index >= 15 is 0 Å². The maximum atomic E-state index is 11.6. The van der Waals surface area contributed by atoms with Crippen LogP contribution in [0.1, 0.15) is 27.7 Å². The number of carbonyl (C=O) groups excluding carboxylic acids is 2. The third kappa shape index (κ3) is 3.51. The van der Waals surface area contributed by atoms with Gasteiger partial charge in [0.2, 0.25) is 5.91 Å². The molecule has 7 nitrogen and oxygen atoms in total. The van der Waals surface area contributed by atoms with Crippen LogP contribution in [0.4, 0.5) is 0 Å². The molecule has 0 radical (unpaired) electrons. The predicted octanol–water partition coefficient (Wildman–Crippen LogP) is 2.08. The number of allylic oxidation sites excluding steroid dienone is 3. The molecule has 2 aliphatic heterocycles. The third-order valence-electron chi connectivity index (χ3n) is 2.72. The fraction of sp³-hybridized carbons (Fsp3) is 0.357. The van der Waals surface area contributed by atoms with E-state index in [0.29, 0.717) is 22.5 Å². The minimum Gasteiger partial charge on any atom is -0.407 e. The van der Waals surface area contributed by atoms with Crippen LogP contribution in [0.25, 0.3) is 0 Å². The van der Waals surface area contributed by atoms with Crippen molar-refractivity contribution in [2.75, 3.05) is 5.75 Å². The van der Waals surface area contributed by atoms with Crippen molar-refractivity contribution in [1.82, 2.24) is 5.01 Å². The number of carbonyl (C=O) groups is 2. The molecule has 22 heavy (non-hydrogen) atoms. The van der Waals surface area contributed by atoms with Gasteiger partial charge in [0, 0.05) is 13.8 Å². The van der Waals surface area contributed by atoms with Gasteiger partial charge >= 0.3 is 5.97 Å². The zero-order valence-corrected chi connectivity index (χ0v) is 13.6. The number of esters is 1. The highest BCUT2D eigenvalue weighted by Crippen LogP contribution is 2.20. The number of hydrogen-bond donors (Lipinski definition) is 0. The lowest BCUT2D eigenvalue weighted by molar-refractivity contribution is -0.130. The summed E-state index contributed by atoms with van der Waals surface area (Å²) < 4.78 is 4.84. The standard InChI is InChI=1S/C14H16N4O3S/c1-5-22-14-16-11(8(2)17-18(14)10(4)19)6-7-12-13(20)21-9(3)15-12/h6-7H,5H2,1-4H3/b11-6-,12-7-. The van der Waals surface area contributed by atoms with Gasteiger partial charge in [-0.3, -0.25) is 4.79 Å². The Morgan fingerprint density at radius 2 is 1.95 bits per heavy atom. The molecule has 8 heteroatoms. The molecule has 0 unspecified atom stereocenters. The van der Waals surface area contributed by atoms with E-state index in [1.54, 1.807) is 19.9 Å². The molecule has 116 valence electrons. The van der Waals surface area contributed by atoms with E-state index in [2.05, 4.69) is 15.1 Å². The molecule has 0 saturated heterocycles. The van der Waals surface area contributed by atoms with Crippen molar-refractivity contribution < 1.29 is 14.3 Å². The van der Waals surface area contributed by atoms with Crippen LogP contribution < -0.4 is 0 Å². The van der Waals surface area contributed by atoms with Gasteiger partial charge in [-0.2, -0.15) is 10.1 Å². The summed E-state index contributed by atoms with van der Waals surface area (Å²) in [6, 6.07) is 0. The van der Waals surface area contributed by atoms with Crippen LogP contribution in [0.5, 0.6) is 0 Å². The summed E-state index contributed by atoms with van der Waals surface area (Å²) in [4.78, 5) is 31.5. The van der Waals surface area contributed by atoms with Crippen molar-refractivity contribution in [2.45, 2.75) is 27.7 Å². The smallest absolute Gasteiger partial charge is 0.363 e. The Balaban J connectivity index is 2.33. The molecule has 1 amide bonds. The summed E-state index contributed by atoms with van der Waals surface area (Å²) in [5, 5.41) is 6.03. The maximum Gasteiger partial charge on any atom is 0.363 e. The van der Waals surface area contributed by atoms with E-state index in [1.807, 2.05) is 6.92 Å². The van der Waals surface area contributed by atoms with Crippen LogP contribution in [0.15, 0.2) is 38.6 Å². The quantitative estimate of drug-likeness (QED) is 0.576. The second-order valence-corrected chi connectivity index (χ2v) is 5.70. The van der Waals surface area contributed by atoms with Gasteiger partial charge < -0.3 is 4.74 Å². The first-order valence-corrected chi connectivity index (χ1v) is 7.68. The maximum absolute atomic E-state index is 11.6. The number of ether oxygens (including phenoxy) is 1. The number of aliphatic imine (C=N–C) groups is 2. The van der Waals surface area contributed by atoms with Crippen LogP contribution in [-0.2, 0) is 14.3 Å². The molecule has 0 aromatic rings. The highest BCUT2D eigenvalue weighted by atomic mass is 32.2. The van der Waals surface area contributed by atoms with Gasteiger partial charge in [-0.1, -0.05) is 18.7 Å². The topological polar surface area (TPSA) is 83.7 Å². The number of rotatable bonds is 2. The zero-order valence-electron chi connectivity index (χ0n) is 12.8. The lowest BCUT2D eigenvalue weighted by Crippen LogP contribution is -2.32. The average molecular weight is 320 g/mol. The summed E-state index contributed by atoms with van der Waals surface area (Å²) in [7, 11) is 0. The first-order chi connectivity index (χ1) is 10.4. The zero-order chi connectivity index (χ0) is 16.3. The van der Waals surface area contributed by atoms with Crippen LogP contribution in [0.2, 0.25) is 0 Å². The largest absolute Gasteiger partial charge is 0.407 e. The molecule has 0 fully saturated rings. The van der Waals surface area contributed by atoms with Crippen molar-refractivity contribution in [2.24, 2.45) is 15.1 Å². The van der Waals surface area contributed by atoms with Crippen LogP contribution in [0, 0.1) is 0 Å². The number of amides is 1. The Bertz CT molecular complexity index is 674. The van der Waals surface area contributed by atoms with E-state index in [4.69, 9.17) is 4.74 Å². The minimum absolute atomic E-state index is 0.198. The summed E-state index contributed by atoms with van der Waals surface area (Å²) >= 11 is 1.42. The number of nitrogens with zero attached hydrogens (tertiary/aromatic N) is 4. The summed E-state index contributed by atoms with van der Waals surface area (Å²) in [5.41, 5.74) is 1.37. The van der Waals surface area contributed by atoms with Crippen molar-refractivity contribution in [3.05, 3.63) is 23.5 Å². The molecule has 0 atom stereocenters. The first-order valence-electron chi connectivity index (χ1n) is 6.69. The Hall–Kier alpha value is -2.22. The van der Waals surface area contributed by atoms with Crippen molar-refractivity contribution >= 4 is 40.4 Å². The monoisotopic (exact) mass is 320 g/mol. The highest BCUT2D eigenvalue weighted by Gasteiger charge is 2.22. The van der Waals surface area contributed by atoms with Crippen LogP contribution >= 0.6 is 11.8 Å². The molecule has 0 aliphatic carbocycles. The summed E-state index contributed by atoms with van der Waals surface area (Å²) in [6.45, 7) is 6.76. The predicted molar refractivity (Wildman–Crippen MR) is 86.6 cm³/mol. The van der Waals surface area contributed by atoms with E-state index in [-0.39, 0.29) is 11.6 Å². The van der Waals surface area contributed by atoms with Gasteiger partial charge in [0.1, 0.15) is 0 Å². The van der Waals surface area contributed by atoms with E-state index in [9.17, 15) is 9.59 Å². The first kappa shape index (κ1) is 16.2. The molecule has 2 heterocycles. The fourth-order valence-electron chi connectivity index (χ4n) is 1.75. The Kier molecular flexibility index (Phi) is 4.92. The van der Waals surface area contributed by atoms with Crippen LogP contribution in [0.3, 0.4) is 0 Å². The normalized spacial score (nSPS) is 21.7. The molecule has 2 aliphatic rings. The molecule has 0 bridgehead atoms. The molecular formula is C14H16N4O3S. The number of thioether (sulfide) groups is 1. The van der Waals surface area contributed by atoms with Gasteiger partial charge in [-0.05, 0) is 24.8 Å². The summed E-state index contributed by atoms with van der Waals surface area (Å²) in [5.74, 6) is 0.395. The van der Waals surface area contributed by atoms with E-state index < -0.39 is 5.97 Å². The molecule has 2 rings (SSSR count). The Morgan fingerprint density at radius 1 is 1.27 bits per heavy atom. The third-order valence-corrected chi connectivity index (χ3v) is 3.53. The molecule has 0 aromatic heterocycles. The number of hydrogen-bond acceptors (Lipinski definition) is 7. The number of cyclic esters (lactones) is 1. The van der Waals surface area contributed by atoms with Gasteiger partial charge in [0.15, 0.2) is 16.8 Å². The molecule has 0 spiro atoms. The van der Waals surface area contributed by atoms with Crippen molar-refractivity contribution in [3.8, 4) is 0 Å². The Morgan fingerprint density at radius 3 is 2.50 bits per heavy atom. The lowest BCUT2D eigenvalue weighted by Gasteiger charge is -2.22. The van der Waals surface area contributed by atoms with E-state index in [1.165, 1.54) is 29.8 Å². The Labute approximate surface area is 132 Å². The summed E-state index contributed by atoms with van der Waals surface area (Å²) in [6.07, 6.45) is 3.18. The van der Waals surface area contributed by atoms with Crippen molar-refractivity contribution in [3.63, 3.8) is 0 Å². The minimum atomic E-state index is -0.489. The number of hydrazone groups is 1. The average Bonchev–Trinajstić information content (AvgIpc) is 2.77. The molecular weight excluding hydrogens is 304 g/mol. The second kappa shape index (κ2) is 6.69. The second-order valence-electron chi connectivity index (χ2n) is 4.47. The van der Waals surface area contributed by atoms with Gasteiger partial charge in [-0.15, -0.1) is 0 Å². The molecule has 0 saturated carbocycles. The van der Waals surface area contributed by atoms with Gasteiger partial charge in [0.25, 0.3) is 0 Å². The number of amidine groups is 1. The highest BCUT2D eigenvalue weighted by molar-refractivity contribution is 8.13. The molecule has 0 aromatic carbocycles.